The van der Waals surface area contributed by atoms with Crippen LogP contribution in [0.15, 0.2) is 0 Å². The van der Waals surface area contributed by atoms with Crippen molar-refractivity contribution in [3.8, 4) is 0 Å². The molecule has 0 aliphatic heterocycles. The van der Waals surface area contributed by atoms with Gasteiger partial charge in [0.25, 0.3) is 0 Å². The molecule has 0 spiro atoms. The lowest BCUT2D eigenvalue weighted by Crippen LogP contribution is -2.60. The lowest BCUT2D eigenvalue weighted by atomic mass is 9.43. The third-order valence-electron chi connectivity index (χ3n) is 11.0. The molecule has 4 fully saturated rings. The predicted octanol–water partition coefficient (Wildman–Crippen LogP) is 5.71. The number of hydrogen-bond acceptors (Lipinski definition) is 6. The summed E-state index contributed by atoms with van der Waals surface area (Å²) in [7, 11) is 1.46. The molecule has 0 aromatic heterocycles. The molecule has 10 atom stereocenters. The SMILES string of the molecule is COC(=O)CC[C@@H](C)[C@H]1CC[C@H]2[C@@H]3CC[C@@H]4C[C@H](OC(C)=O)CC[C@]4(C)[C@H]3[C@H](OC(C)=O)C[C@]12C. The van der Waals surface area contributed by atoms with Crippen molar-refractivity contribution < 1.29 is 28.6 Å². The molecule has 0 heterocycles. The Hall–Kier alpha value is -1.59. The van der Waals surface area contributed by atoms with E-state index in [9.17, 15) is 14.4 Å². The summed E-state index contributed by atoms with van der Waals surface area (Å²) in [6.45, 7) is 10.2. The third-order valence-corrected chi connectivity index (χ3v) is 11.0. The Bertz CT molecular complexity index is 824. The molecule has 0 amide bonds. The van der Waals surface area contributed by atoms with Gasteiger partial charge in [-0.25, -0.2) is 0 Å². The maximum Gasteiger partial charge on any atom is 0.305 e. The van der Waals surface area contributed by atoms with Crippen LogP contribution < -0.4 is 0 Å². The number of hydrogen-bond donors (Lipinski definition) is 0. The van der Waals surface area contributed by atoms with Crippen molar-refractivity contribution in [3.63, 3.8) is 0 Å². The zero-order chi connectivity index (χ0) is 25.5. The molecule has 4 saturated carbocycles. The Labute approximate surface area is 211 Å². The van der Waals surface area contributed by atoms with Crippen LogP contribution in [0.1, 0.15) is 98.8 Å². The van der Waals surface area contributed by atoms with Gasteiger partial charge in [-0.1, -0.05) is 20.8 Å². The molecule has 6 nitrogen and oxygen atoms in total. The van der Waals surface area contributed by atoms with E-state index in [1.807, 2.05) is 0 Å². The van der Waals surface area contributed by atoms with Gasteiger partial charge in [-0.2, -0.15) is 0 Å². The first-order valence-corrected chi connectivity index (χ1v) is 13.9. The van der Waals surface area contributed by atoms with E-state index in [0.29, 0.717) is 41.9 Å². The van der Waals surface area contributed by atoms with E-state index < -0.39 is 0 Å². The van der Waals surface area contributed by atoms with Crippen LogP contribution in [-0.2, 0) is 28.6 Å². The number of carbonyl (C=O) groups is 3. The first-order valence-electron chi connectivity index (χ1n) is 13.9. The van der Waals surface area contributed by atoms with Crippen LogP contribution in [0.4, 0.5) is 0 Å². The van der Waals surface area contributed by atoms with Crippen molar-refractivity contribution in [2.45, 2.75) is 111 Å². The third kappa shape index (κ3) is 4.87. The Balaban J connectivity index is 1.58. The lowest BCUT2D eigenvalue weighted by molar-refractivity contribution is -0.201. The average Bonchev–Trinajstić information content (AvgIpc) is 3.13. The summed E-state index contributed by atoms with van der Waals surface area (Å²) < 4.78 is 16.7. The molecular formula is C29H46O6. The van der Waals surface area contributed by atoms with Gasteiger partial charge in [0, 0.05) is 26.2 Å². The molecule has 0 unspecified atom stereocenters. The smallest absolute Gasteiger partial charge is 0.305 e. The summed E-state index contributed by atoms with van der Waals surface area (Å²) in [5.74, 6) is 2.53. The molecule has 0 N–H and O–H groups in total. The molecule has 198 valence electrons. The number of carbonyl (C=O) groups excluding carboxylic acids is 3. The molecule has 4 aliphatic carbocycles. The summed E-state index contributed by atoms with van der Waals surface area (Å²) in [5, 5.41) is 0. The molecule has 0 radical (unpaired) electrons. The number of methoxy groups -OCH3 is 1. The van der Waals surface area contributed by atoms with Gasteiger partial charge < -0.3 is 14.2 Å². The molecule has 0 aromatic carbocycles. The maximum atomic E-state index is 12.3. The average molecular weight is 491 g/mol. The van der Waals surface area contributed by atoms with Crippen LogP contribution >= 0.6 is 0 Å². The van der Waals surface area contributed by atoms with Crippen LogP contribution in [0, 0.1) is 46.3 Å². The van der Waals surface area contributed by atoms with Crippen molar-refractivity contribution in [1.82, 2.24) is 0 Å². The van der Waals surface area contributed by atoms with Gasteiger partial charge in [-0.05, 0) is 98.2 Å². The molecule has 35 heavy (non-hydrogen) atoms. The molecular weight excluding hydrogens is 444 g/mol. The van der Waals surface area contributed by atoms with E-state index in [2.05, 4.69) is 20.8 Å². The van der Waals surface area contributed by atoms with E-state index >= 15 is 0 Å². The van der Waals surface area contributed by atoms with Crippen molar-refractivity contribution in [2.75, 3.05) is 7.11 Å². The summed E-state index contributed by atoms with van der Waals surface area (Å²) in [6.07, 6.45) is 9.80. The largest absolute Gasteiger partial charge is 0.469 e. The van der Waals surface area contributed by atoms with Crippen LogP contribution in [0.3, 0.4) is 0 Å². The first-order chi connectivity index (χ1) is 16.5. The fraction of sp³-hybridized carbons (Fsp3) is 0.897. The van der Waals surface area contributed by atoms with E-state index in [1.165, 1.54) is 33.3 Å². The monoisotopic (exact) mass is 490 g/mol. The second-order valence-electron chi connectivity index (χ2n) is 12.7. The minimum absolute atomic E-state index is 0.0229. The molecule has 4 aliphatic rings. The van der Waals surface area contributed by atoms with Gasteiger partial charge in [-0.15, -0.1) is 0 Å². The van der Waals surface area contributed by atoms with Gasteiger partial charge in [0.2, 0.25) is 0 Å². The van der Waals surface area contributed by atoms with Gasteiger partial charge in [0.05, 0.1) is 7.11 Å². The van der Waals surface area contributed by atoms with Gasteiger partial charge >= 0.3 is 17.9 Å². The fourth-order valence-electron chi connectivity index (χ4n) is 9.59. The number of esters is 3. The topological polar surface area (TPSA) is 78.9 Å². The molecule has 0 aromatic rings. The van der Waals surface area contributed by atoms with E-state index in [1.54, 1.807) is 6.92 Å². The van der Waals surface area contributed by atoms with E-state index in [0.717, 1.165) is 38.5 Å². The van der Waals surface area contributed by atoms with Crippen LogP contribution in [0.25, 0.3) is 0 Å². The summed E-state index contributed by atoms with van der Waals surface area (Å²) in [5.41, 5.74) is 0.227. The second kappa shape index (κ2) is 10.0. The van der Waals surface area contributed by atoms with E-state index in [-0.39, 0.29) is 40.9 Å². The number of ether oxygens (including phenoxy) is 3. The van der Waals surface area contributed by atoms with Gasteiger partial charge in [0.1, 0.15) is 12.2 Å². The molecule has 0 saturated heterocycles. The Morgan fingerprint density at radius 1 is 0.943 bits per heavy atom. The highest BCUT2D eigenvalue weighted by Gasteiger charge is 2.64. The van der Waals surface area contributed by atoms with Crippen molar-refractivity contribution in [3.05, 3.63) is 0 Å². The van der Waals surface area contributed by atoms with Crippen LogP contribution in [-0.4, -0.2) is 37.2 Å². The van der Waals surface area contributed by atoms with Gasteiger partial charge in [-0.3, -0.25) is 14.4 Å². The van der Waals surface area contributed by atoms with Crippen molar-refractivity contribution >= 4 is 17.9 Å². The van der Waals surface area contributed by atoms with Crippen LogP contribution in [0.5, 0.6) is 0 Å². The fourth-order valence-corrected chi connectivity index (χ4v) is 9.59. The van der Waals surface area contributed by atoms with Crippen molar-refractivity contribution in [2.24, 2.45) is 46.3 Å². The van der Waals surface area contributed by atoms with E-state index in [4.69, 9.17) is 14.2 Å². The highest BCUT2D eigenvalue weighted by Crippen LogP contribution is 2.69. The highest BCUT2D eigenvalue weighted by molar-refractivity contribution is 5.69. The maximum absolute atomic E-state index is 12.3. The predicted molar refractivity (Wildman–Crippen MR) is 132 cm³/mol. The van der Waals surface area contributed by atoms with Gasteiger partial charge in [0.15, 0.2) is 0 Å². The zero-order valence-corrected chi connectivity index (χ0v) is 22.6. The molecule has 0 bridgehead atoms. The Morgan fingerprint density at radius 2 is 1.66 bits per heavy atom. The first kappa shape index (κ1) is 26.5. The molecule has 6 heteroatoms. The number of fused-ring (bicyclic) bond motifs is 5. The summed E-state index contributed by atoms with van der Waals surface area (Å²) in [4.78, 5) is 35.7. The molecule has 4 rings (SSSR count). The van der Waals surface area contributed by atoms with Crippen LogP contribution in [0.2, 0.25) is 0 Å². The standard InChI is InChI=1S/C29H46O6/c1-17(7-12-26(32)33-6)23-10-11-24-22-9-8-20-15-21(34-18(2)30)13-14-28(20,4)27(22)25(35-19(3)31)16-29(23,24)5/h17,20-25,27H,7-16H2,1-6H3/t17-,20-,21-,22+,23-,24+,25-,27-,28+,29-/m1/s1. The summed E-state index contributed by atoms with van der Waals surface area (Å²) in [6, 6.07) is 0. The lowest BCUT2D eigenvalue weighted by Gasteiger charge is -2.63. The Kier molecular flexibility index (Phi) is 7.60. The minimum Gasteiger partial charge on any atom is -0.469 e. The second-order valence-corrected chi connectivity index (χ2v) is 12.7. The quantitative estimate of drug-likeness (QED) is 0.351. The zero-order valence-electron chi connectivity index (χ0n) is 22.6. The minimum atomic E-state index is -0.183. The van der Waals surface area contributed by atoms with Crippen molar-refractivity contribution in [1.29, 1.82) is 0 Å². The number of rotatable bonds is 6. The Morgan fingerprint density at radius 3 is 2.31 bits per heavy atom. The normalized spacial score (nSPS) is 43.2. The summed E-state index contributed by atoms with van der Waals surface area (Å²) >= 11 is 0. The highest BCUT2D eigenvalue weighted by atomic mass is 16.5.